The van der Waals surface area contributed by atoms with Gasteiger partial charge in [-0.1, -0.05) is 25.6 Å². The van der Waals surface area contributed by atoms with Gasteiger partial charge < -0.3 is 15.0 Å². The van der Waals surface area contributed by atoms with E-state index in [1.165, 1.54) is 17.8 Å². The van der Waals surface area contributed by atoms with Crippen LogP contribution in [0.4, 0.5) is 5.69 Å². The summed E-state index contributed by atoms with van der Waals surface area (Å²) in [5.41, 5.74) is 1.40. The molecule has 1 amide bonds. The Morgan fingerprint density at radius 1 is 1.32 bits per heavy atom. The number of aromatic amines is 1. The molecule has 1 aliphatic rings. The van der Waals surface area contributed by atoms with Crippen LogP contribution in [0.2, 0.25) is 0 Å². The van der Waals surface area contributed by atoms with Gasteiger partial charge in [0.15, 0.2) is 17.5 Å². The molecule has 2 heterocycles. The number of carbonyl (C=O) groups excluding carboxylic acids is 2. The summed E-state index contributed by atoms with van der Waals surface area (Å²) in [6.07, 6.45) is 0. The molecule has 1 aliphatic heterocycles. The molecule has 1 aromatic carbocycles. The number of rotatable bonds is 5. The zero-order valence-corrected chi connectivity index (χ0v) is 14.6. The number of amides is 1. The van der Waals surface area contributed by atoms with Crippen LogP contribution in [0.5, 0.6) is 5.75 Å². The fourth-order valence-corrected chi connectivity index (χ4v) is 3.07. The zero-order chi connectivity index (χ0) is 18.0. The lowest BCUT2D eigenvalue weighted by Crippen LogP contribution is -2.25. The van der Waals surface area contributed by atoms with E-state index in [1.807, 2.05) is 13.8 Å². The molecule has 0 radical (unpaired) electrons. The van der Waals surface area contributed by atoms with Crippen molar-refractivity contribution in [2.45, 2.75) is 24.9 Å². The maximum Gasteiger partial charge on any atom is 0.262 e. The van der Waals surface area contributed by atoms with Gasteiger partial charge in [-0.2, -0.15) is 0 Å². The largest absolute Gasteiger partial charge is 0.482 e. The van der Waals surface area contributed by atoms with Gasteiger partial charge in [-0.15, -0.1) is 0 Å². The maximum absolute atomic E-state index is 12.4. The molecule has 0 fully saturated rings. The first kappa shape index (κ1) is 17.2. The van der Waals surface area contributed by atoms with E-state index in [9.17, 15) is 14.4 Å². The molecule has 0 spiro atoms. The summed E-state index contributed by atoms with van der Waals surface area (Å²) in [6.45, 7) is 3.87. The van der Waals surface area contributed by atoms with Gasteiger partial charge in [0.1, 0.15) is 5.75 Å². The number of anilines is 1. The second-order valence-electron chi connectivity index (χ2n) is 5.89. The van der Waals surface area contributed by atoms with Crippen molar-refractivity contribution in [3.05, 3.63) is 45.9 Å². The SMILES string of the molecule is CC(C)c1cc(=O)[nH]c(SCC(=O)c2ccc3c(c2)NC(=O)CO3)n1. The molecule has 0 atom stereocenters. The van der Waals surface area contributed by atoms with Crippen molar-refractivity contribution >= 4 is 29.1 Å². The molecule has 0 unspecified atom stereocenters. The van der Waals surface area contributed by atoms with Crippen LogP contribution in [-0.4, -0.2) is 34.0 Å². The van der Waals surface area contributed by atoms with Crippen molar-refractivity contribution in [2.75, 3.05) is 17.7 Å². The third-order valence-corrected chi connectivity index (χ3v) is 4.48. The first-order valence-electron chi connectivity index (χ1n) is 7.76. The molecule has 0 saturated heterocycles. The molecule has 8 heteroatoms. The number of nitrogens with zero attached hydrogens (tertiary/aromatic N) is 1. The Labute approximate surface area is 148 Å². The van der Waals surface area contributed by atoms with Crippen LogP contribution >= 0.6 is 11.8 Å². The van der Waals surface area contributed by atoms with Crippen molar-refractivity contribution in [1.29, 1.82) is 0 Å². The van der Waals surface area contributed by atoms with E-state index in [0.29, 0.717) is 27.9 Å². The number of thioether (sulfide) groups is 1. The molecule has 2 N–H and O–H groups in total. The molecule has 7 nitrogen and oxygen atoms in total. The lowest BCUT2D eigenvalue weighted by atomic mass is 10.1. The highest BCUT2D eigenvalue weighted by Gasteiger charge is 2.18. The van der Waals surface area contributed by atoms with Crippen LogP contribution in [0.3, 0.4) is 0 Å². The highest BCUT2D eigenvalue weighted by Crippen LogP contribution is 2.29. The highest BCUT2D eigenvalue weighted by atomic mass is 32.2. The van der Waals surface area contributed by atoms with E-state index in [4.69, 9.17) is 4.74 Å². The molecule has 1 aromatic heterocycles. The molecular formula is C17H17N3O4S. The van der Waals surface area contributed by atoms with E-state index in [0.717, 1.165) is 0 Å². The predicted molar refractivity (Wildman–Crippen MR) is 94.6 cm³/mol. The van der Waals surface area contributed by atoms with Crippen LogP contribution in [0.15, 0.2) is 34.2 Å². The number of carbonyl (C=O) groups is 2. The van der Waals surface area contributed by atoms with Gasteiger partial charge in [0.25, 0.3) is 11.5 Å². The summed E-state index contributed by atoms with van der Waals surface area (Å²) in [5.74, 6) is 0.406. The molecule has 0 aliphatic carbocycles. The number of H-pyrrole nitrogens is 1. The van der Waals surface area contributed by atoms with Crippen LogP contribution in [0.25, 0.3) is 0 Å². The summed E-state index contributed by atoms with van der Waals surface area (Å²) in [5, 5.41) is 3.09. The minimum atomic E-state index is -0.251. The van der Waals surface area contributed by atoms with E-state index in [2.05, 4.69) is 15.3 Å². The van der Waals surface area contributed by atoms with Gasteiger partial charge >= 0.3 is 0 Å². The monoisotopic (exact) mass is 359 g/mol. The predicted octanol–water partition coefficient (Wildman–Crippen LogP) is 2.20. The lowest BCUT2D eigenvalue weighted by molar-refractivity contribution is -0.118. The normalized spacial score (nSPS) is 13.2. The van der Waals surface area contributed by atoms with Gasteiger partial charge in [0, 0.05) is 11.6 Å². The van der Waals surface area contributed by atoms with Crippen molar-refractivity contribution in [1.82, 2.24) is 9.97 Å². The molecule has 0 saturated carbocycles. The van der Waals surface area contributed by atoms with Gasteiger partial charge in [-0.3, -0.25) is 14.4 Å². The number of Topliss-reactive ketones (excluding diaryl/α,β-unsaturated/α-hetero) is 1. The summed E-state index contributed by atoms with van der Waals surface area (Å²) < 4.78 is 5.27. The number of ketones is 1. The molecule has 2 aromatic rings. The third kappa shape index (κ3) is 4.08. The maximum atomic E-state index is 12.4. The zero-order valence-electron chi connectivity index (χ0n) is 13.8. The molecule has 25 heavy (non-hydrogen) atoms. The van der Waals surface area contributed by atoms with Gasteiger partial charge in [0.05, 0.1) is 17.1 Å². The van der Waals surface area contributed by atoms with E-state index in [-0.39, 0.29) is 35.5 Å². The molecule has 0 bridgehead atoms. The minimum absolute atomic E-state index is 0.0264. The number of hydrogen-bond acceptors (Lipinski definition) is 6. The second-order valence-corrected chi connectivity index (χ2v) is 6.85. The van der Waals surface area contributed by atoms with Crippen LogP contribution in [0.1, 0.15) is 35.8 Å². The molecule has 130 valence electrons. The smallest absolute Gasteiger partial charge is 0.262 e. The van der Waals surface area contributed by atoms with Crippen molar-refractivity contribution in [3.63, 3.8) is 0 Å². The average molecular weight is 359 g/mol. The van der Waals surface area contributed by atoms with Crippen LogP contribution in [-0.2, 0) is 4.79 Å². The number of aromatic nitrogens is 2. The Kier molecular flexibility index (Phi) is 4.89. The third-order valence-electron chi connectivity index (χ3n) is 3.61. The molecular weight excluding hydrogens is 342 g/mol. The Bertz CT molecular complexity index is 892. The minimum Gasteiger partial charge on any atom is -0.482 e. The first-order valence-corrected chi connectivity index (χ1v) is 8.75. The summed E-state index contributed by atoms with van der Waals surface area (Å²) in [7, 11) is 0. The van der Waals surface area contributed by atoms with Crippen LogP contribution in [0, 0.1) is 0 Å². The highest BCUT2D eigenvalue weighted by molar-refractivity contribution is 7.99. The number of fused-ring (bicyclic) bond motifs is 1. The number of benzene rings is 1. The van der Waals surface area contributed by atoms with E-state index in [1.54, 1.807) is 18.2 Å². The average Bonchev–Trinajstić information content (AvgIpc) is 2.58. The van der Waals surface area contributed by atoms with Crippen molar-refractivity contribution in [3.8, 4) is 5.75 Å². The molecule has 3 rings (SSSR count). The Morgan fingerprint density at radius 2 is 2.12 bits per heavy atom. The number of ether oxygens (including phenoxy) is 1. The number of hydrogen-bond donors (Lipinski definition) is 2. The van der Waals surface area contributed by atoms with Crippen molar-refractivity contribution < 1.29 is 14.3 Å². The topological polar surface area (TPSA) is 101 Å². The van der Waals surface area contributed by atoms with Crippen molar-refractivity contribution in [2.24, 2.45) is 0 Å². The van der Waals surface area contributed by atoms with E-state index < -0.39 is 0 Å². The lowest BCUT2D eigenvalue weighted by Gasteiger charge is -2.18. The van der Waals surface area contributed by atoms with Crippen LogP contribution < -0.4 is 15.6 Å². The quantitative estimate of drug-likeness (QED) is 0.482. The van der Waals surface area contributed by atoms with Gasteiger partial charge in [0.2, 0.25) is 0 Å². The summed E-state index contributed by atoms with van der Waals surface area (Å²) in [6, 6.07) is 6.37. The fraction of sp³-hybridized carbons (Fsp3) is 0.294. The second kappa shape index (κ2) is 7.10. The first-order chi connectivity index (χ1) is 11.9. The Morgan fingerprint density at radius 3 is 2.88 bits per heavy atom. The Hall–Kier alpha value is -2.61. The van der Waals surface area contributed by atoms with Gasteiger partial charge in [-0.05, 0) is 24.1 Å². The fourth-order valence-electron chi connectivity index (χ4n) is 2.29. The Balaban J connectivity index is 1.72. The number of nitrogens with one attached hydrogen (secondary N) is 2. The van der Waals surface area contributed by atoms with E-state index >= 15 is 0 Å². The van der Waals surface area contributed by atoms with Gasteiger partial charge in [-0.25, -0.2) is 4.98 Å². The standard InChI is InChI=1S/C17H17N3O4S/c1-9(2)11-6-15(22)20-17(19-11)25-8-13(21)10-3-4-14-12(5-10)18-16(23)7-24-14/h3-6,9H,7-8H2,1-2H3,(H,18,23)(H,19,20,22). The summed E-state index contributed by atoms with van der Waals surface area (Å²) >= 11 is 1.17. The summed E-state index contributed by atoms with van der Waals surface area (Å²) in [4.78, 5) is 42.4.